The number of esters is 3. The number of carbonyl (C=O) groups is 3. The zero-order valence-corrected chi connectivity index (χ0v) is 15.6. The van der Waals surface area contributed by atoms with Crippen LogP contribution in [0, 0.1) is 5.92 Å². The van der Waals surface area contributed by atoms with Crippen molar-refractivity contribution in [3.05, 3.63) is 42.0 Å². The van der Waals surface area contributed by atoms with Gasteiger partial charge in [0, 0.05) is 0 Å². The average Bonchev–Trinajstić information content (AvgIpc) is 3.02. The molecule has 0 aliphatic carbocycles. The molecule has 1 saturated heterocycles. The van der Waals surface area contributed by atoms with Gasteiger partial charge in [0.1, 0.15) is 5.92 Å². The molecule has 0 saturated carbocycles. The van der Waals surface area contributed by atoms with E-state index in [0.717, 1.165) is 0 Å². The number of cyclic esters (lactones) is 1. The molecular weight excluding hydrogens is 352 g/mol. The van der Waals surface area contributed by atoms with Gasteiger partial charge in [-0.3, -0.25) is 9.59 Å². The standard InChI is InChI=1S/C20H24O7/c1-4-25-18(22)15-12-16(21)27-17(15)20(24,19(23)26-13(2)3)11-10-14-8-6-5-7-9-14/h5-11,13,15,17,24H,4,12H2,1-3H3/b11-10+/t15-,17-,20+/m0/s1. The number of carbonyl (C=O) groups excluding carboxylic acids is 3. The molecule has 1 aliphatic heterocycles. The Labute approximate surface area is 157 Å². The van der Waals surface area contributed by atoms with E-state index >= 15 is 0 Å². The molecule has 0 spiro atoms. The highest BCUT2D eigenvalue weighted by Crippen LogP contribution is 2.34. The van der Waals surface area contributed by atoms with Crippen molar-refractivity contribution in [1.29, 1.82) is 0 Å². The number of hydrogen-bond donors (Lipinski definition) is 1. The fourth-order valence-electron chi connectivity index (χ4n) is 2.79. The molecule has 0 bridgehead atoms. The van der Waals surface area contributed by atoms with Gasteiger partial charge in [-0.05, 0) is 32.4 Å². The molecule has 1 aromatic rings. The Bertz CT molecular complexity index is 710. The van der Waals surface area contributed by atoms with Gasteiger partial charge in [0.25, 0.3) is 0 Å². The maximum absolute atomic E-state index is 12.6. The topological polar surface area (TPSA) is 99.1 Å². The molecule has 7 heteroatoms. The van der Waals surface area contributed by atoms with Gasteiger partial charge in [-0.2, -0.15) is 0 Å². The van der Waals surface area contributed by atoms with Gasteiger partial charge < -0.3 is 19.3 Å². The summed E-state index contributed by atoms with van der Waals surface area (Å²) in [6, 6.07) is 8.96. The smallest absolute Gasteiger partial charge is 0.346 e. The second-order valence-electron chi connectivity index (χ2n) is 6.50. The fourth-order valence-corrected chi connectivity index (χ4v) is 2.79. The lowest BCUT2D eigenvalue weighted by Crippen LogP contribution is -2.53. The number of hydrogen-bond acceptors (Lipinski definition) is 7. The molecular formula is C20H24O7. The van der Waals surface area contributed by atoms with Gasteiger partial charge in [-0.25, -0.2) is 4.79 Å². The predicted molar refractivity (Wildman–Crippen MR) is 96.3 cm³/mol. The summed E-state index contributed by atoms with van der Waals surface area (Å²) in [4.78, 5) is 36.7. The predicted octanol–water partition coefficient (Wildman–Crippen LogP) is 1.88. The Morgan fingerprint density at radius 2 is 2.00 bits per heavy atom. The number of ether oxygens (including phenoxy) is 3. The highest BCUT2D eigenvalue weighted by molar-refractivity contribution is 5.90. The lowest BCUT2D eigenvalue weighted by molar-refractivity contribution is -0.182. The number of aliphatic hydroxyl groups is 1. The van der Waals surface area contributed by atoms with E-state index in [-0.39, 0.29) is 13.0 Å². The summed E-state index contributed by atoms with van der Waals surface area (Å²) in [6.45, 7) is 4.98. The Morgan fingerprint density at radius 3 is 2.59 bits per heavy atom. The van der Waals surface area contributed by atoms with Crippen LogP contribution in [-0.4, -0.2) is 47.4 Å². The third-order valence-electron chi connectivity index (χ3n) is 4.03. The maximum atomic E-state index is 12.6. The van der Waals surface area contributed by atoms with Crippen LogP contribution in [0.15, 0.2) is 36.4 Å². The normalized spacial score (nSPS) is 21.7. The highest BCUT2D eigenvalue weighted by Gasteiger charge is 2.56. The number of benzene rings is 1. The summed E-state index contributed by atoms with van der Waals surface area (Å²) in [5.74, 6) is -3.51. The summed E-state index contributed by atoms with van der Waals surface area (Å²) >= 11 is 0. The first-order valence-electron chi connectivity index (χ1n) is 8.81. The molecule has 3 atom stereocenters. The van der Waals surface area contributed by atoms with E-state index in [1.165, 1.54) is 12.2 Å². The molecule has 7 nitrogen and oxygen atoms in total. The fraction of sp³-hybridized carbons (Fsp3) is 0.450. The van der Waals surface area contributed by atoms with E-state index in [9.17, 15) is 19.5 Å². The van der Waals surface area contributed by atoms with Crippen molar-refractivity contribution >= 4 is 24.0 Å². The van der Waals surface area contributed by atoms with Crippen LogP contribution < -0.4 is 0 Å². The van der Waals surface area contributed by atoms with E-state index < -0.39 is 41.6 Å². The lowest BCUT2D eigenvalue weighted by atomic mass is 9.85. The quantitative estimate of drug-likeness (QED) is 0.573. The van der Waals surface area contributed by atoms with Crippen LogP contribution in [0.5, 0.6) is 0 Å². The van der Waals surface area contributed by atoms with Crippen molar-refractivity contribution in [1.82, 2.24) is 0 Å². The zero-order chi connectivity index (χ0) is 20.0. The first-order chi connectivity index (χ1) is 12.8. The van der Waals surface area contributed by atoms with Gasteiger partial charge in [-0.15, -0.1) is 0 Å². The maximum Gasteiger partial charge on any atom is 0.346 e. The average molecular weight is 376 g/mol. The first kappa shape index (κ1) is 20.6. The highest BCUT2D eigenvalue weighted by atomic mass is 16.6. The van der Waals surface area contributed by atoms with Gasteiger partial charge >= 0.3 is 17.9 Å². The molecule has 146 valence electrons. The zero-order valence-electron chi connectivity index (χ0n) is 15.6. The van der Waals surface area contributed by atoms with Crippen LogP contribution in [0.25, 0.3) is 6.08 Å². The Morgan fingerprint density at radius 1 is 1.33 bits per heavy atom. The van der Waals surface area contributed by atoms with Crippen molar-refractivity contribution < 1.29 is 33.7 Å². The molecule has 0 amide bonds. The van der Waals surface area contributed by atoms with E-state index in [1.807, 2.05) is 6.07 Å². The van der Waals surface area contributed by atoms with Gasteiger partial charge in [0.05, 0.1) is 19.1 Å². The van der Waals surface area contributed by atoms with Crippen molar-refractivity contribution in [2.24, 2.45) is 5.92 Å². The Balaban J connectivity index is 2.41. The third-order valence-corrected chi connectivity index (χ3v) is 4.03. The number of rotatable bonds is 7. The molecule has 0 aromatic heterocycles. The largest absolute Gasteiger partial charge is 0.466 e. The first-order valence-corrected chi connectivity index (χ1v) is 8.81. The molecule has 1 fully saturated rings. The van der Waals surface area contributed by atoms with Crippen LogP contribution in [-0.2, 0) is 28.6 Å². The molecule has 27 heavy (non-hydrogen) atoms. The third kappa shape index (κ3) is 4.95. The van der Waals surface area contributed by atoms with Gasteiger partial charge in [0.15, 0.2) is 6.10 Å². The minimum atomic E-state index is -2.33. The summed E-state index contributed by atoms with van der Waals surface area (Å²) in [6.07, 6.45) is 0.487. The van der Waals surface area contributed by atoms with Gasteiger partial charge in [0.2, 0.25) is 5.60 Å². The Kier molecular flexibility index (Phi) is 6.74. The lowest BCUT2D eigenvalue weighted by Gasteiger charge is -2.31. The minimum Gasteiger partial charge on any atom is -0.466 e. The van der Waals surface area contributed by atoms with E-state index in [1.54, 1.807) is 45.0 Å². The second-order valence-corrected chi connectivity index (χ2v) is 6.50. The molecule has 1 aromatic carbocycles. The van der Waals surface area contributed by atoms with Crippen molar-refractivity contribution in [3.8, 4) is 0 Å². The van der Waals surface area contributed by atoms with Crippen LogP contribution in [0.4, 0.5) is 0 Å². The molecule has 2 rings (SSSR count). The summed E-state index contributed by atoms with van der Waals surface area (Å²) < 4.78 is 15.3. The minimum absolute atomic E-state index is 0.102. The van der Waals surface area contributed by atoms with Crippen LogP contribution in [0.1, 0.15) is 32.8 Å². The molecule has 1 heterocycles. The van der Waals surface area contributed by atoms with E-state index in [0.29, 0.717) is 5.56 Å². The molecule has 0 unspecified atom stereocenters. The van der Waals surface area contributed by atoms with Gasteiger partial charge in [-0.1, -0.05) is 36.4 Å². The van der Waals surface area contributed by atoms with Crippen molar-refractivity contribution in [2.45, 2.75) is 45.0 Å². The summed E-state index contributed by atoms with van der Waals surface area (Å²) in [5, 5.41) is 11.1. The van der Waals surface area contributed by atoms with Crippen molar-refractivity contribution in [3.63, 3.8) is 0 Å². The Hall–Kier alpha value is -2.67. The van der Waals surface area contributed by atoms with E-state index in [4.69, 9.17) is 14.2 Å². The molecule has 1 aliphatic rings. The van der Waals surface area contributed by atoms with Crippen LogP contribution in [0.2, 0.25) is 0 Å². The monoisotopic (exact) mass is 376 g/mol. The van der Waals surface area contributed by atoms with Crippen LogP contribution >= 0.6 is 0 Å². The second kappa shape index (κ2) is 8.81. The van der Waals surface area contributed by atoms with Crippen LogP contribution in [0.3, 0.4) is 0 Å². The van der Waals surface area contributed by atoms with E-state index in [2.05, 4.69) is 0 Å². The van der Waals surface area contributed by atoms with Crippen molar-refractivity contribution in [2.75, 3.05) is 6.61 Å². The summed E-state index contributed by atoms with van der Waals surface area (Å²) in [5.41, 5.74) is -1.62. The molecule has 1 N–H and O–H groups in total. The molecule has 0 radical (unpaired) electrons. The SMILES string of the molecule is CCOC(=O)[C@H]1CC(=O)O[C@@H]1[C@](O)(/C=C/c1ccccc1)C(=O)OC(C)C. The summed E-state index contributed by atoms with van der Waals surface area (Å²) in [7, 11) is 0.